The lowest BCUT2D eigenvalue weighted by Gasteiger charge is -2.38. The van der Waals surface area contributed by atoms with Crippen LogP contribution in [-0.2, 0) is 10.2 Å². The van der Waals surface area contributed by atoms with Crippen LogP contribution >= 0.6 is 0 Å². The maximum Gasteiger partial charge on any atom is 0.193 e. The molecule has 2 aliphatic heterocycles. The zero-order valence-electron chi connectivity index (χ0n) is 16.1. The van der Waals surface area contributed by atoms with E-state index >= 15 is 0 Å². The van der Waals surface area contributed by atoms with Crippen LogP contribution in [-0.4, -0.2) is 50.3 Å². The lowest BCUT2D eigenvalue weighted by atomic mass is 9.74. The van der Waals surface area contributed by atoms with E-state index in [0.29, 0.717) is 19.8 Å². The van der Waals surface area contributed by atoms with Crippen LogP contribution in [0.5, 0.6) is 0 Å². The van der Waals surface area contributed by atoms with E-state index in [4.69, 9.17) is 9.73 Å². The van der Waals surface area contributed by atoms with Gasteiger partial charge in [0.05, 0.1) is 6.54 Å². The summed E-state index contributed by atoms with van der Waals surface area (Å²) in [6, 6.07) is 7.04. The molecule has 5 heteroatoms. The van der Waals surface area contributed by atoms with Crippen LogP contribution in [0.2, 0.25) is 0 Å². The van der Waals surface area contributed by atoms with Gasteiger partial charge in [-0.25, -0.2) is 4.39 Å². The minimum Gasteiger partial charge on any atom is -0.381 e. The molecule has 2 aliphatic rings. The minimum absolute atomic E-state index is 0.135. The Balaban J connectivity index is 1.81. The zero-order chi connectivity index (χ0) is 18.4. The molecule has 2 fully saturated rings. The standard InChI is InChI=1S/C21H32FN3O/c1-3-23-20(25-11-7-17(2)8-12-25)24-16-21(9-13-26-14-10-21)18-5-4-6-19(22)15-18/h4-6,15,17H,3,7-14,16H2,1-2H3,(H,23,24). The third-order valence-corrected chi connectivity index (χ3v) is 5.84. The number of ether oxygens (including phenoxy) is 1. The Morgan fingerprint density at radius 1 is 1.31 bits per heavy atom. The van der Waals surface area contributed by atoms with Gasteiger partial charge in [-0.3, -0.25) is 4.99 Å². The van der Waals surface area contributed by atoms with Crippen molar-refractivity contribution in [3.05, 3.63) is 35.6 Å². The van der Waals surface area contributed by atoms with Gasteiger partial charge in [-0.1, -0.05) is 19.1 Å². The number of likely N-dealkylation sites (tertiary alicyclic amines) is 1. The number of hydrogen-bond acceptors (Lipinski definition) is 2. The fourth-order valence-electron chi connectivity index (χ4n) is 3.99. The van der Waals surface area contributed by atoms with E-state index in [1.165, 1.54) is 18.9 Å². The van der Waals surface area contributed by atoms with Gasteiger partial charge >= 0.3 is 0 Å². The number of aliphatic imine (C=N–C) groups is 1. The van der Waals surface area contributed by atoms with E-state index in [2.05, 4.69) is 24.1 Å². The molecule has 1 N–H and O–H groups in total. The van der Waals surface area contributed by atoms with Gasteiger partial charge in [0.25, 0.3) is 0 Å². The van der Waals surface area contributed by atoms with E-state index in [1.807, 2.05) is 12.1 Å². The van der Waals surface area contributed by atoms with Crippen molar-refractivity contribution in [1.29, 1.82) is 0 Å². The summed E-state index contributed by atoms with van der Waals surface area (Å²) >= 11 is 0. The Morgan fingerprint density at radius 3 is 2.69 bits per heavy atom. The first-order chi connectivity index (χ1) is 12.6. The van der Waals surface area contributed by atoms with Crippen LogP contribution in [0.1, 0.15) is 45.1 Å². The highest BCUT2D eigenvalue weighted by molar-refractivity contribution is 5.80. The molecule has 0 radical (unpaired) electrons. The second kappa shape index (κ2) is 8.85. The van der Waals surface area contributed by atoms with Crippen molar-refractivity contribution >= 4 is 5.96 Å². The lowest BCUT2D eigenvalue weighted by molar-refractivity contribution is 0.0529. The van der Waals surface area contributed by atoms with Crippen LogP contribution in [0.3, 0.4) is 0 Å². The first-order valence-corrected chi connectivity index (χ1v) is 10.00. The maximum absolute atomic E-state index is 13.9. The van der Waals surface area contributed by atoms with Gasteiger partial charge in [-0.15, -0.1) is 0 Å². The van der Waals surface area contributed by atoms with E-state index in [0.717, 1.165) is 49.9 Å². The molecule has 0 aromatic heterocycles. The molecule has 1 aromatic carbocycles. The average molecular weight is 362 g/mol. The molecule has 0 spiro atoms. The first-order valence-electron chi connectivity index (χ1n) is 10.00. The van der Waals surface area contributed by atoms with Crippen molar-refractivity contribution in [3.63, 3.8) is 0 Å². The monoisotopic (exact) mass is 361 g/mol. The molecule has 0 aliphatic carbocycles. The first kappa shape index (κ1) is 19.2. The Bertz CT molecular complexity index is 605. The summed E-state index contributed by atoms with van der Waals surface area (Å²) < 4.78 is 19.4. The fourth-order valence-corrected chi connectivity index (χ4v) is 3.99. The summed E-state index contributed by atoms with van der Waals surface area (Å²) in [6.45, 7) is 9.51. The summed E-state index contributed by atoms with van der Waals surface area (Å²) in [6.07, 6.45) is 4.20. The molecule has 0 unspecified atom stereocenters. The Labute approximate surface area is 156 Å². The number of hydrogen-bond donors (Lipinski definition) is 1. The van der Waals surface area contributed by atoms with E-state index in [-0.39, 0.29) is 11.2 Å². The summed E-state index contributed by atoms with van der Waals surface area (Å²) in [4.78, 5) is 7.39. The number of piperidine rings is 1. The number of benzene rings is 1. The molecule has 0 amide bonds. The Hall–Kier alpha value is -1.62. The van der Waals surface area contributed by atoms with Crippen LogP contribution in [0.25, 0.3) is 0 Å². The van der Waals surface area contributed by atoms with Gasteiger partial charge in [-0.05, 0) is 56.2 Å². The number of nitrogens with zero attached hydrogens (tertiary/aromatic N) is 2. The number of guanidine groups is 1. The smallest absolute Gasteiger partial charge is 0.193 e. The maximum atomic E-state index is 13.9. The molecule has 0 saturated carbocycles. The van der Waals surface area contributed by atoms with E-state index in [1.54, 1.807) is 6.07 Å². The lowest BCUT2D eigenvalue weighted by Crippen LogP contribution is -2.46. The van der Waals surface area contributed by atoms with Crippen molar-refractivity contribution in [2.24, 2.45) is 10.9 Å². The highest BCUT2D eigenvalue weighted by Gasteiger charge is 2.35. The van der Waals surface area contributed by atoms with E-state index in [9.17, 15) is 4.39 Å². The molecule has 2 heterocycles. The Morgan fingerprint density at radius 2 is 2.04 bits per heavy atom. The molecule has 144 valence electrons. The normalized spacial score (nSPS) is 21.7. The van der Waals surface area contributed by atoms with Crippen LogP contribution in [0.4, 0.5) is 4.39 Å². The van der Waals surface area contributed by atoms with Crippen LogP contribution < -0.4 is 5.32 Å². The highest BCUT2D eigenvalue weighted by atomic mass is 19.1. The predicted octanol–water partition coefficient (Wildman–Crippen LogP) is 3.57. The molecule has 0 atom stereocenters. The van der Waals surface area contributed by atoms with Gasteiger partial charge in [0.15, 0.2) is 5.96 Å². The molecule has 3 rings (SSSR count). The Kier molecular flexibility index (Phi) is 6.52. The average Bonchev–Trinajstić information content (AvgIpc) is 2.67. The topological polar surface area (TPSA) is 36.9 Å². The number of rotatable bonds is 4. The summed E-state index contributed by atoms with van der Waals surface area (Å²) in [5.41, 5.74) is 0.914. The van der Waals surface area contributed by atoms with Crippen LogP contribution in [0, 0.1) is 11.7 Å². The quantitative estimate of drug-likeness (QED) is 0.658. The molecular weight excluding hydrogens is 329 g/mol. The van der Waals surface area contributed by atoms with Gasteiger partial charge in [-0.2, -0.15) is 0 Å². The third-order valence-electron chi connectivity index (χ3n) is 5.84. The fraction of sp³-hybridized carbons (Fsp3) is 0.667. The van der Waals surface area contributed by atoms with Gasteiger partial charge in [0.1, 0.15) is 5.82 Å². The second-order valence-corrected chi connectivity index (χ2v) is 7.74. The zero-order valence-corrected chi connectivity index (χ0v) is 16.1. The highest BCUT2D eigenvalue weighted by Crippen LogP contribution is 2.35. The third kappa shape index (κ3) is 4.56. The SMILES string of the molecule is CCNC(=NCC1(c2cccc(F)c2)CCOCC1)N1CCC(C)CC1. The molecule has 2 saturated heterocycles. The largest absolute Gasteiger partial charge is 0.381 e. The van der Waals surface area contributed by atoms with Gasteiger partial charge in [0.2, 0.25) is 0 Å². The van der Waals surface area contributed by atoms with Gasteiger partial charge < -0.3 is 15.0 Å². The van der Waals surface area contributed by atoms with Crippen molar-refractivity contribution in [3.8, 4) is 0 Å². The number of nitrogens with one attached hydrogen (secondary N) is 1. The summed E-state index contributed by atoms with van der Waals surface area (Å²) in [7, 11) is 0. The van der Waals surface area contributed by atoms with Crippen molar-refractivity contribution in [1.82, 2.24) is 10.2 Å². The number of halogens is 1. The van der Waals surface area contributed by atoms with Crippen molar-refractivity contribution in [2.75, 3.05) is 39.4 Å². The molecule has 26 heavy (non-hydrogen) atoms. The van der Waals surface area contributed by atoms with Crippen LogP contribution in [0.15, 0.2) is 29.3 Å². The molecular formula is C21H32FN3O. The predicted molar refractivity (Wildman–Crippen MR) is 104 cm³/mol. The summed E-state index contributed by atoms with van der Waals surface area (Å²) in [5, 5.41) is 3.46. The second-order valence-electron chi connectivity index (χ2n) is 7.74. The van der Waals surface area contributed by atoms with Crippen molar-refractivity contribution < 1.29 is 9.13 Å². The van der Waals surface area contributed by atoms with E-state index < -0.39 is 0 Å². The minimum atomic E-state index is -0.172. The molecule has 0 bridgehead atoms. The molecule has 1 aromatic rings. The summed E-state index contributed by atoms with van der Waals surface area (Å²) in [5.74, 6) is 1.62. The van der Waals surface area contributed by atoms with Gasteiger partial charge in [0, 0.05) is 38.3 Å². The molecule has 4 nitrogen and oxygen atoms in total. The van der Waals surface area contributed by atoms with Crippen molar-refractivity contribution in [2.45, 2.75) is 44.9 Å².